The van der Waals surface area contributed by atoms with Gasteiger partial charge in [-0.15, -0.1) is 0 Å². The minimum atomic E-state index is -0.518. The van der Waals surface area contributed by atoms with Crippen molar-refractivity contribution >= 4 is 5.91 Å². The first-order valence-electron chi connectivity index (χ1n) is 8.65. The number of hydrogen-bond acceptors (Lipinski definition) is 2. The number of fused-ring (bicyclic) bond motifs is 1. The molecule has 4 heteroatoms. The number of carbonyl (C=O) groups is 1. The topological polar surface area (TPSA) is 45.5 Å². The van der Waals surface area contributed by atoms with E-state index in [0.29, 0.717) is 6.54 Å². The van der Waals surface area contributed by atoms with E-state index < -0.39 is 5.60 Å². The molecule has 2 heterocycles. The lowest BCUT2D eigenvalue weighted by atomic mass is 9.71. The standard InChI is InChI=1S/C18H28N2O2/c1-14(2)16(19-10-5-6-11-19)17(21)20-12-9-18(22)8-4-3-7-15(18)13-20/h5-6,10-11,14-16,22H,3-4,7-9,12-13H2,1-2H3/t15?,16-,18?/m0/s1. The van der Waals surface area contributed by atoms with Gasteiger partial charge in [-0.2, -0.15) is 0 Å². The van der Waals surface area contributed by atoms with Crippen LogP contribution in [0.25, 0.3) is 0 Å². The Morgan fingerprint density at radius 2 is 1.95 bits per heavy atom. The highest BCUT2D eigenvalue weighted by molar-refractivity contribution is 5.81. The van der Waals surface area contributed by atoms with Crippen molar-refractivity contribution < 1.29 is 9.90 Å². The molecule has 1 aromatic rings. The van der Waals surface area contributed by atoms with Gasteiger partial charge in [0.05, 0.1) is 5.60 Å². The highest BCUT2D eigenvalue weighted by atomic mass is 16.3. The molecule has 1 saturated carbocycles. The molecule has 2 unspecified atom stereocenters. The molecule has 0 spiro atoms. The van der Waals surface area contributed by atoms with Crippen molar-refractivity contribution in [3.8, 4) is 0 Å². The molecule has 122 valence electrons. The molecule has 3 atom stereocenters. The van der Waals surface area contributed by atoms with Gasteiger partial charge in [0.25, 0.3) is 0 Å². The van der Waals surface area contributed by atoms with Crippen LogP contribution < -0.4 is 0 Å². The Morgan fingerprint density at radius 1 is 1.23 bits per heavy atom. The smallest absolute Gasteiger partial charge is 0.245 e. The first-order valence-corrected chi connectivity index (χ1v) is 8.65. The normalized spacial score (nSPS) is 30.2. The number of aromatic nitrogens is 1. The van der Waals surface area contributed by atoms with E-state index >= 15 is 0 Å². The van der Waals surface area contributed by atoms with Crippen LogP contribution in [0, 0.1) is 11.8 Å². The molecule has 2 aliphatic rings. The zero-order chi connectivity index (χ0) is 15.7. The zero-order valence-electron chi connectivity index (χ0n) is 13.7. The maximum Gasteiger partial charge on any atom is 0.245 e. The van der Waals surface area contributed by atoms with Crippen LogP contribution in [0.1, 0.15) is 52.0 Å². The quantitative estimate of drug-likeness (QED) is 0.933. The van der Waals surface area contributed by atoms with Crippen molar-refractivity contribution in [3.63, 3.8) is 0 Å². The predicted octanol–water partition coefficient (Wildman–Crippen LogP) is 2.84. The Balaban J connectivity index is 1.74. The van der Waals surface area contributed by atoms with E-state index in [1.54, 1.807) is 0 Å². The molecule has 1 N–H and O–H groups in total. The third kappa shape index (κ3) is 2.81. The van der Waals surface area contributed by atoms with Gasteiger partial charge in [0.2, 0.25) is 5.91 Å². The van der Waals surface area contributed by atoms with Crippen molar-refractivity contribution in [3.05, 3.63) is 24.5 Å². The van der Waals surface area contributed by atoms with E-state index in [1.807, 2.05) is 34.0 Å². The van der Waals surface area contributed by atoms with E-state index in [1.165, 1.54) is 6.42 Å². The maximum atomic E-state index is 13.0. The van der Waals surface area contributed by atoms with Crippen LogP contribution in [-0.2, 0) is 4.79 Å². The van der Waals surface area contributed by atoms with E-state index in [0.717, 1.165) is 32.2 Å². The summed E-state index contributed by atoms with van der Waals surface area (Å²) < 4.78 is 2.02. The molecule has 0 bridgehead atoms. The van der Waals surface area contributed by atoms with Gasteiger partial charge in [0.15, 0.2) is 0 Å². The van der Waals surface area contributed by atoms with Gasteiger partial charge in [-0.25, -0.2) is 0 Å². The largest absolute Gasteiger partial charge is 0.389 e. The summed E-state index contributed by atoms with van der Waals surface area (Å²) in [7, 11) is 0. The fourth-order valence-corrected chi connectivity index (χ4v) is 4.25. The van der Waals surface area contributed by atoms with Crippen molar-refractivity contribution in [2.75, 3.05) is 13.1 Å². The highest BCUT2D eigenvalue weighted by Gasteiger charge is 2.44. The summed E-state index contributed by atoms with van der Waals surface area (Å²) in [6.45, 7) is 5.61. The van der Waals surface area contributed by atoms with Gasteiger partial charge in [0, 0.05) is 31.4 Å². The van der Waals surface area contributed by atoms with E-state index in [2.05, 4.69) is 13.8 Å². The van der Waals surface area contributed by atoms with Crippen LogP contribution in [0.2, 0.25) is 0 Å². The molecule has 22 heavy (non-hydrogen) atoms. The average Bonchev–Trinajstić information content (AvgIpc) is 2.99. The number of amides is 1. The fourth-order valence-electron chi connectivity index (χ4n) is 4.25. The van der Waals surface area contributed by atoms with Crippen LogP contribution >= 0.6 is 0 Å². The predicted molar refractivity (Wildman–Crippen MR) is 86.4 cm³/mol. The number of likely N-dealkylation sites (tertiary alicyclic amines) is 1. The molecule has 0 aromatic carbocycles. The number of nitrogens with zero attached hydrogens (tertiary/aromatic N) is 2. The second kappa shape index (κ2) is 6.07. The SMILES string of the molecule is CC(C)[C@@H](C(=O)N1CCC2(O)CCCCC2C1)n1cccc1. The van der Waals surface area contributed by atoms with E-state index in [9.17, 15) is 9.90 Å². The molecule has 1 aliphatic heterocycles. The summed E-state index contributed by atoms with van der Waals surface area (Å²) in [5.41, 5.74) is -0.518. The Morgan fingerprint density at radius 3 is 2.64 bits per heavy atom. The third-order valence-corrected chi connectivity index (χ3v) is 5.57. The minimum Gasteiger partial charge on any atom is -0.389 e. The van der Waals surface area contributed by atoms with Gasteiger partial charge in [-0.05, 0) is 37.3 Å². The molecular weight excluding hydrogens is 276 g/mol. The van der Waals surface area contributed by atoms with Gasteiger partial charge >= 0.3 is 0 Å². The summed E-state index contributed by atoms with van der Waals surface area (Å²) in [5.74, 6) is 0.724. The number of hydrogen-bond donors (Lipinski definition) is 1. The number of piperidine rings is 1. The fraction of sp³-hybridized carbons (Fsp3) is 0.722. The van der Waals surface area contributed by atoms with Gasteiger partial charge in [-0.3, -0.25) is 4.79 Å². The number of aliphatic hydroxyl groups is 1. The van der Waals surface area contributed by atoms with Crippen LogP contribution in [0.4, 0.5) is 0 Å². The van der Waals surface area contributed by atoms with E-state index in [4.69, 9.17) is 0 Å². The minimum absolute atomic E-state index is 0.134. The Hall–Kier alpha value is -1.29. The lowest BCUT2D eigenvalue weighted by Gasteiger charge is -2.48. The summed E-state index contributed by atoms with van der Waals surface area (Å²) in [6, 6.07) is 3.81. The molecule has 0 radical (unpaired) electrons. The van der Waals surface area contributed by atoms with Gasteiger partial charge in [0.1, 0.15) is 6.04 Å². The third-order valence-electron chi connectivity index (χ3n) is 5.57. The molecule has 1 aliphatic carbocycles. The van der Waals surface area contributed by atoms with Crippen molar-refractivity contribution in [1.82, 2.24) is 9.47 Å². The maximum absolute atomic E-state index is 13.0. The number of carbonyl (C=O) groups excluding carboxylic acids is 1. The molecular formula is C18H28N2O2. The van der Waals surface area contributed by atoms with Crippen LogP contribution in [0.15, 0.2) is 24.5 Å². The average molecular weight is 304 g/mol. The van der Waals surface area contributed by atoms with Gasteiger partial charge in [-0.1, -0.05) is 26.7 Å². The molecule has 3 rings (SSSR count). The van der Waals surface area contributed by atoms with Crippen LogP contribution in [0.5, 0.6) is 0 Å². The Labute approximate surface area is 133 Å². The van der Waals surface area contributed by atoms with Crippen LogP contribution in [-0.4, -0.2) is 39.2 Å². The molecule has 1 aromatic heterocycles. The Bertz CT molecular complexity index is 511. The summed E-state index contributed by atoms with van der Waals surface area (Å²) >= 11 is 0. The van der Waals surface area contributed by atoms with Crippen molar-refractivity contribution in [2.24, 2.45) is 11.8 Å². The lowest BCUT2D eigenvalue weighted by molar-refractivity contribution is -0.147. The molecule has 1 amide bonds. The highest BCUT2D eigenvalue weighted by Crippen LogP contribution is 2.40. The Kier molecular flexibility index (Phi) is 4.31. The first-order chi connectivity index (χ1) is 10.5. The van der Waals surface area contributed by atoms with E-state index in [-0.39, 0.29) is 23.8 Å². The molecule has 1 saturated heterocycles. The zero-order valence-corrected chi connectivity index (χ0v) is 13.7. The van der Waals surface area contributed by atoms with Crippen molar-refractivity contribution in [2.45, 2.75) is 57.6 Å². The van der Waals surface area contributed by atoms with Crippen LogP contribution in [0.3, 0.4) is 0 Å². The second-order valence-corrected chi connectivity index (χ2v) is 7.40. The van der Waals surface area contributed by atoms with Gasteiger partial charge < -0.3 is 14.6 Å². The number of rotatable bonds is 3. The summed E-state index contributed by atoms with van der Waals surface area (Å²) in [4.78, 5) is 15.0. The monoisotopic (exact) mass is 304 g/mol. The van der Waals surface area contributed by atoms with Crippen molar-refractivity contribution in [1.29, 1.82) is 0 Å². The second-order valence-electron chi connectivity index (χ2n) is 7.40. The molecule has 2 fully saturated rings. The first kappa shape index (κ1) is 15.6. The summed E-state index contributed by atoms with van der Waals surface area (Å²) in [5, 5.41) is 10.8. The summed E-state index contributed by atoms with van der Waals surface area (Å²) in [6.07, 6.45) is 8.95. The molecule has 4 nitrogen and oxygen atoms in total. The lowest BCUT2D eigenvalue weighted by Crippen LogP contribution is -2.56.